The van der Waals surface area contributed by atoms with Gasteiger partial charge in [-0.1, -0.05) is 146 Å². The van der Waals surface area contributed by atoms with Gasteiger partial charge in [-0.05, 0) is 98.1 Å². The van der Waals surface area contributed by atoms with Crippen molar-refractivity contribution >= 4 is 48.6 Å². The standard InChI is InChI=1S/C49H31NS/c1-2-13-32(14-3-1)33-25-27-34(28-26-33)50(45-22-12-24-47-48(45)39-18-7-11-23-46(39)51-47)35-29-30-44-40(31-35)38-17-6-10-21-43(38)49(44)41-19-8-4-15-36(41)37-16-5-9-20-42(37)49/h1-31H. The first kappa shape index (κ1) is 28.6. The molecule has 8 aromatic carbocycles. The Kier molecular flexibility index (Phi) is 6.11. The third kappa shape index (κ3) is 3.97. The number of benzene rings is 8. The number of anilines is 3. The van der Waals surface area contributed by atoms with Crippen LogP contribution in [0.5, 0.6) is 0 Å². The highest BCUT2D eigenvalue weighted by Gasteiger charge is 2.51. The molecule has 0 fully saturated rings. The van der Waals surface area contributed by atoms with Crippen LogP contribution in [0, 0.1) is 0 Å². The van der Waals surface area contributed by atoms with E-state index in [-0.39, 0.29) is 5.41 Å². The van der Waals surface area contributed by atoms with Crippen LogP contribution in [0.4, 0.5) is 17.1 Å². The lowest BCUT2D eigenvalue weighted by atomic mass is 9.70. The van der Waals surface area contributed by atoms with Gasteiger partial charge in [0.15, 0.2) is 0 Å². The number of rotatable bonds is 4. The monoisotopic (exact) mass is 665 g/mol. The van der Waals surface area contributed by atoms with E-state index in [2.05, 4.69) is 193 Å². The first-order valence-electron chi connectivity index (χ1n) is 17.6. The smallest absolute Gasteiger partial charge is 0.0725 e. The van der Waals surface area contributed by atoms with E-state index in [1.807, 2.05) is 11.3 Å². The Balaban J connectivity index is 1.17. The molecule has 2 heteroatoms. The maximum absolute atomic E-state index is 2.47. The van der Waals surface area contributed by atoms with Gasteiger partial charge in [0.05, 0.1) is 11.1 Å². The van der Waals surface area contributed by atoms with E-state index < -0.39 is 0 Å². The molecule has 1 heterocycles. The largest absolute Gasteiger partial charge is 0.310 e. The van der Waals surface area contributed by atoms with Crippen LogP contribution in [0.1, 0.15) is 22.3 Å². The van der Waals surface area contributed by atoms with Crippen molar-refractivity contribution in [1.29, 1.82) is 0 Å². The van der Waals surface area contributed by atoms with Crippen LogP contribution in [-0.4, -0.2) is 0 Å². The van der Waals surface area contributed by atoms with Gasteiger partial charge in [0.1, 0.15) is 0 Å². The molecule has 9 aromatic rings. The van der Waals surface area contributed by atoms with E-state index in [9.17, 15) is 0 Å². The zero-order valence-corrected chi connectivity index (χ0v) is 28.6. The summed E-state index contributed by atoms with van der Waals surface area (Å²) in [6, 6.07) is 69.6. The molecule has 2 aliphatic rings. The van der Waals surface area contributed by atoms with Gasteiger partial charge < -0.3 is 4.90 Å². The highest BCUT2D eigenvalue weighted by molar-refractivity contribution is 7.26. The summed E-state index contributed by atoms with van der Waals surface area (Å²) in [6.45, 7) is 0. The fourth-order valence-corrected chi connectivity index (χ4v) is 10.2. The minimum Gasteiger partial charge on any atom is -0.310 e. The molecule has 2 aliphatic carbocycles. The second kappa shape index (κ2) is 10.9. The highest BCUT2D eigenvalue weighted by Crippen LogP contribution is 2.63. The number of hydrogen-bond acceptors (Lipinski definition) is 2. The molecule has 1 nitrogen and oxygen atoms in total. The van der Waals surface area contributed by atoms with Crippen molar-refractivity contribution in [2.75, 3.05) is 4.90 Å². The SMILES string of the molecule is c1ccc(-c2ccc(N(c3ccc4c(c3)-c3ccccc3C43c4ccccc4-c4ccccc43)c3cccc4sc5ccccc5c34)cc2)cc1. The lowest BCUT2D eigenvalue weighted by molar-refractivity contribution is 0.794. The van der Waals surface area contributed by atoms with Crippen LogP contribution in [-0.2, 0) is 5.41 Å². The maximum Gasteiger partial charge on any atom is 0.0725 e. The zero-order chi connectivity index (χ0) is 33.5. The molecule has 51 heavy (non-hydrogen) atoms. The predicted octanol–water partition coefficient (Wildman–Crippen LogP) is 13.5. The summed E-state index contributed by atoms with van der Waals surface area (Å²) in [7, 11) is 0. The van der Waals surface area contributed by atoms with Gasteiger partial charge in [0.25, 0.3) is 0 Å². The fraction of sp³-hybridized carbons (Fsp3) is 0.0204. The average molecular weight is 666 g/mol. The van der Waals surface area contributed by atoms with Gasteiger partial charge in [0, 0.05) is 31.5 Å². The van der Waals surface area contributed by atoms with E-state index in [0.717, 1.165) is 11.4 Å². The third-order valence-electron chi connectivity index (χ3n) is 11.1. The Morgan fingerprint density at radius 3 is 1.61 bits per heavy atom. The van der Waals surface area contributed by atoms with Crippen LogP contribution < -0.4 is 4.90 Å². The maximum atomic E-state index is 2.47. The van der Waals surface area contributed by atoms with Gasteiger partial charge in [-0.2, -0.15) is 0 Å². The summed E-state index contributed by atoms with van der Waals surface area (Å²) in [6.07, 6.45) is 0. The first-order chi connectivity index (χ1) is 25.3. The summed E-state index contributed by atoms with van der Waals surface area (Å²) in [4.78, 5) is 2.47. The minimum absolute atomic E-state index is 0.358. The molecule has 0 amide bonds. The van der Waals surface area contributed by atoms with Gasteiger partial charge in [-0.25, -0.2) is 0 Å². The van der Waals surface area contributed by atoms with Crippen molar-refractivity contribution in [1.82, 2.24) is 0 Å². The topological polar surface area (TPSA) is 3.24 Å². The van der Waals surface area contributed by atoms with Crippen LogP contribution >= 0.6 is 11.3 Å². The molecular weight excluding hydrogens is 635 g/mol. The van der Waals surface area contributed by atoms with Gasteiger partial charge in [0.2, 0.25) is 0 Å². The lowest BCUT2D eigenvalue weighted by Crippen LogP contribution is -2.25. The summed E-state index contributed by atoms with van der Waals surface area (Å²) >= 11 is 1.87. The molecule has 0 bridgehead atoms. The molecule has 1 aromatic heterocycles. The molecule has 0 saturated heterocycles. The van der Waals surface area contributed by atoms with Crippen molar-refractivity contribution in [2.45, 2.75) is 5.41 Å². The summed E-state index contributed by atoms with van der Waals surface area (Å²) in [5, 5.41) is 2.59. The van der Waals surface area contributed by atoms with Crippen molar-refractivity contribution in [3.8, 4) is 33.4 Å². The van der Waals surface area contributed by atoms with Crippen molar-refractivity contribution < 1.29 is 0 Å². The van der Waals surface area contributed by atoms with Crippen LogP contribution in [0.3, 0.4) is 0 Å². The minimum atomic E-state index is -0.358. The molecule has 0 N–H and O–H groups in total. The fourth-order valence-electron chi connectivity index (χ4n) is 9.03. The molecule has 0 radical (unpaired) electrons. The number of hydrogen-bond donors (Lipinski definition) is 0. The Morgan fingerprint density at radius 1 is 0.373 bits per heavy atom. The summed E-state index contributed by atoms with van der Waals surface area (Å²) < 4.78 is 2.60. The number of thiophene rings is 1. The molecule has 0 saturated carbocycles. The molecule has 0 aliphatic heterocycles. The summed E-state index contributed by atoms with van der Waals surface area (Å²) in [5.41, 5.74) is 16.3. The Hall–Kier alpha value is -6.22. The number of fused-ring (bicyclic) bond motifs is 13. The predicted molar refractivity (Wildman–Crippen MR) is 216 cm³/mol. The second-order valence-electron chi connectivity index (χ2n) is 13.6. The third-order valence-corrected chi connectivity index (χ3v) is 12.2. The molecule has 238 valence electrons. The molecular formula is C49H31NS. The molecule has 11 rings (SSSR count). The normalized spacial score (nSPS) is 13.3. The van der Waals surface area contributed by atoms with E-state index in [0.29, 0.717) is 0 Å². The van der Waals surface area contributed by atoms with Crippen molar-refractivity contribution in [3.05, 3.63) is 210 Å². The Morgan fingerprint density at radius 2 is 0.902 bits per heavy atom. The van der Waals surface area contributed by atoms with Crippen molar-refractivity contribution in [3.63, 3.8) is 0 Å². The number of nitrogens with zero attached hydrogens (tertiary/aromatic N) is 1. The first-order valence-corrected chi connectivity index (χ1v) is 18.4. The van der Waals surface area contributed by atoms with E-state index in [1.165, 1.54) is 81.5 Å². The Bertz CT molecular complexity index is 2760. The van der Waals surface area contributed by atoms with Crippen LogP contribution in [0.2, 0.25) is 0 Å². The molecule has 0 atom stereocenters. The van der Waals surface area contributed by atoms with Gasteiger partial charge >= 0.3 is 0 Å². The zero-order valence-electron chi connectivity index (χ0n) is 27.8. The summed E-state index contributed by atoms with van der Waals surface area (Å²) in [5.74, 6) is 0. The van der Waals surface area contributed by atoms with Gasteiger partial charge in [-0.3, -0.25) is 0 Å². The van der Waals surface area contributed by atoms with Gasteiger partial charge in [-0.15, -0.1) is 11.3 Å². The van der Waals surface area contributed by atoms with E-state index >= 15 is 0 Å². The molecule has 0 unspecified atom stereocenters. The van der Waals surface area contributed by atoms with E-state index in [1.54, 1.807) is 0 Å². The average Bonchev–Trinajstić information content (AvgIpc) is 3.83. The quantitative estimate of drug-likeness (QED) is 0.181. The second-order valence-corrected chi connectivity index (χ2v) is 14.7. The lowest BCUT2D eigenvalue weighted by Gasteiger charge is -2.31. The Labute approximate surface area is 301 Å². The highest BCUT2D eigenvalue weighted by atomic mass is 32.1. The van der Waals surface area contributed by atoms with Crippen LogP contribution in [0.15, 0.2) is 188 Å². The molecule has 1 spiro atoms. The van der Waals surface area contributed by atoms with Crippen molar-refractivity contribution in [2.24, 2.45) is 0 Å². The van der Waals surface area contributed by atoms with E-state index in [4.69, 9.17) is 0 Å². The van der Waals surface area contributed by atoms with Crippen LogP contribution in [0.25, 0.3) is 53.6 Å².